The highest BCUT2D eigenvalue weighted by Crippen LogP contribution is 2.29. The zero-order valence-electron chi connectivity index (χ0n) is 18.4. The van der Waals surface area contributed by atoms with E-state index in [0.29, 0.717) is 11.8 Å². The molecule has 6 heteroatoms. The average molecular weight is 427 g/mol. The minimum absolute atomic E-state index is 0.178. The molecule has 0 aromatic carbocycles. The van der Waals surface area contributed by atoms with Gasteiger partial charge in [-0.2, -0.15) is 0 Å². The molecule has 3 aliphatic rings. The van der Waals surface area contributed by atoms with Crippen LogP contribution in [0.4, 0.5) is 11.6 Å². The fraction of sp³-hybridized carbons (Fsp3) is 0.462. The van der Waals surface area contributed by atoms with Gasteiger partial charge in [0, 0.05) is 36.7 Å². The second kappa shape index (κ2) is 10.1. The summed E-state index contributed by atoms with van der Waals surface area (Å²) in [5.74, 6) is 2.23. The van der Waals surface area contributed by atoms with Gasteiger partial charge in [0.2, 0.25) is 0 Å². The summed E-state index contributed by atoms with van der Waals surface area (Å²) in [6.07, 6.45) is 17.2. The third kappa shape index (κ3) is 5.23. The lowest BCUT2D eigenvalue weighted by molar-refractivity contribution is 0.386. The Hall–Kier alpha value is -3.02. The van der Waals surface area contributed by atoms with Crippen molar-refractivity contribution in [3.05, 3.63) is 47.8 Å². The maximum Gasteiger partial charge on any atom is 0.152 e. The van der Waals surface area contributed by atoms with E-state index in [4.69, 9.17) is 29.9 Å². The van der Waals surface area contributed by atoms with E-state index >= 15 is 0 Å². The Bertz CT molecular complexity index is 882. The summed E-state index contributed by atoms with van der Waals surface area (Å²) in [5, 5.41) is 0. The van der Waals surface area contributed by atoms with Crippen molar-refractivity contribution in [3.63, 3.8) is 0 Å². The summed E-state index contributed by atoms with van der Waals surface area (Å²) in [6.45, 7) is 0. The fourth-order valence-corrected chi connectivity index (χ4v) is 4.85. The van der Waals surface area contributed by atoms with Crippen LogP contribution in [0.25, 0.3) is 0 Å². The Morgan fingerprint density at radius 1 is 0.562 bits per heavy atom. The monoisotopic (exact) mass is 426 g/mol. The molecule has 0 spiro atoms. The fourth-order valence-electron chi connectivity index (χ4n) is 4.85. The van der Waals surface area contributed by atoms with Crippen LogP contribution in [-0.2, 0) is 0 Å². The van der Waals surface area contributed by atoms with E-state index in [-0.39, 0.29) is 12.1 Å². The van der Waals surface area contributed by atoms with Crippen LogP contribution in [0.3, 0.4) is 0 Å². The molecule has 2 aromatic rings. The number of hydrogen-bond donors (Lipinski definition) is 0. The maximum absolute atomic E-state index is 4.88. The van der Waals surface area contributed by atoms with Gasteiger partial charge in [-0.05, 0) is 49.9 Å². The Morgan fingerprint density at radius 3 is 1.53 bits per heavy atom. The summed E-state index contributed by atoms with van der Waals surface area (Å²) in [7, 11) is 0. The summed E-state index contributed by atoms with van der Waals surface area (Å²) < 4.78 is 0. The van der Waals surface area contributed by atoms with Crippen molar-refractivity contribution >= 4 is 36.5 Å². The Morgan fingerprint density at radius 2 is 1.03 bits per heavy atom. The third-order valence-corrected chi connectivity index (χ3v) is 6.67. The zero-order valence-corrected chi connectivity index (χ0v) is 18.4. The van der Waals surface area contributed by atoms with Crippen LogP contribution in [0.2, 0.25) is 0 Å². The van der Waals surface area contributed by atoms with Crippen molar-refractivity contribution in [1.82, 2.24) is 9.97 Å². The second-order valence-corrected chi connectivity index (χ2v) is 8.99. The largest absolute Gasteiger partial charge is 0.285 e. The number of hydrogen-bond acceptors (Lipinski definition) is 6. The molecule has 0 amide bonds. The molecule has 2 aliphatic carbocycles. The van der Waals surface area contributed by atoms with Gasteiger partial charge in [-0.3, -0.25) is 9.98 Å². The molecule has 164 valence electrons. The third-order valence-electron chi connectivity index (χ3n) is 6.67. The second-order valence-electron chi connectivity index (χ2n) is 8.99. The Balaban J connectivity index is 1.51. The molecule has 2 fully saturated rings. The number of aromatic nitrogens is 2. The quantitative estimate of drug-likeness (QED) is 0.554. The lowest BCUT2D eigenvalue weighted by Gasteiger charge is -2.25. The molecule has 1 aliphatic heterocycles. The van der Waals surface area contributed by atoms with Crippen LogP contribution in [-0.4, -0.2) is 46.9 Å². The molecular weight excluding hydrogens is 396 g/mol. The van der Waals surface area contributed by atoms with Crippen molar-refractivity contribution in [3.8, 4) is 0 Å². The molecule has 0 saturated heterocycles. The molecular formula is C26H30N6. The lowest BCUT2D eigenvalue weighted by atomic mass is 9.80. The van der Waals surface area contributed by atoms with E-state index in [0.717, 1.165) is 48.7 Å². The van der Waals surface area contributed by atoms with Gasteiger partial charge in [0.25, 0.3) is 0 Å². The van der Waals surface area contributed by atoms with Gasteiger partial charge in [0.05, 0.1) is 23.5 Å². The number of nitrogens with zero attached hydrogens (tertiary/aromatic N) is 6. The summed E-state index contributed by atoms with van der Waals surface area (Å²) in [5.41, 5.74) is 1.70. The standard InChI is InChI=1S/C26H30N6/c1-2-8-20-16-30-26-14-6-10-22(32-26)18-28-24-12-4-3-11-23(24)27-17-21-9-5-13-25(31-21)29-15-19(20)7-1/h5-6,9-10,13-20,23-24H,1-4,7-8,11-12H2/b27-17?,28-18?,29-15-,30-16+/t19-,20-,23-,24-/m0/s1. The van der Waals surface area contributed by atoms with Crippen molar-refractivity contribution in [2.24, 2.45) is 31.8 Å². The van der Waals surface area contributed by atoms with E-state index in [1.807, 2.05) is 48.8 Å². The summed E-state index contributed by atoms with van der Waals surface area (Å²) >= 11 is 0. The molecule has 2 aromatic heterocycles. The predicted molar refractivity (Wildman–Crippen MR) is 131 cm³/mol. The van der Waals surface area contributed by atoms with E-state index in [1.54, 1.807) is 0 Å². The van der Waals surface area contributed by atoms with Crippen LogP contribution in [0, 0.1) is 11.8 Å². The van der Waals surface area contributed by atoms with Gasteiger partial charge in [0.15, 0.2) is 11.6 Å². The molecule has 6 nitrogen and oxygen atoms in total. The van der Waals surface area contributed by atoms with E-state index in [1.165, 1.54) is 25.7 Å². The molecule has 2 saturated carbocycles. The first-order valence-electron chi connectivity index (χ1n) is 11.9. The van der Waals surface area contributed by atoms with E-state index in [2.05, 4.69) is 12.4 Å². The average Bonchev–Trinajstić information content (AvgIpc) is 2.85. The van der Waals surface area contributed by atoms with Gasteiger partial charge in [0.1, 0.15) is 0 Å². The van der Waals surface area contributed by atoms with Crippen LogP contribution < -0.4 is 0 Å². The van der Waals surface area contributed by atoms with Crippen LogP contribution in [0.5, 0.6) is 0 Å². The van der Waals surface area contributed by atoms with Crippen LogP contribution in [0.1, 0.15) is 62.8 Å². The smallest absolute Gasteiger partial charge is 0.152 e. The first-order valence-corrected chi connectivity index (χ1v) is 11.9. The molecule has 3 heterocycles. The molecule has 32 heavy (non-hydrogen) atoms. The molecule has 5 rings (SSSR count). The molecule has 0 unspecified atom stereocenters. The number of rotatable bonds is 0. The first-order chi connectivity index (χ1) is 15.8. The van der Waals surface area contributed by atoms with Gasteiger partial charge < -0.3 is 0 Å². The Kier molecular flexibility index (Phi) is 6.56. The Labute approximate surface area is 189 Å². The van der Waals surface area contributed by atoms with Gasteiger partial charge in [-0.1, -0.05) is 37.8 Å². The first kappa shape index (κ1) is 20.9. The highest BCUT2D eigenvalue weighted by atomic mass is 15.0. The normalized spacial score (nSPS) is 29.8. The maximum atomic E-state index is 4.88. The highest BCUT2D eigenvalue weighted by Gasteiger charge is 2.24. The molecule has 4 bridgehead atoms. The van der Waals surface area contributed by atoms with Crippen molar-refractivity contribution in [2.75, 3.05) is 0 Å². The SMILES string of the molecule is C1=N[C@H]2CCCC[C@@H]2N=Cc2cccc(n2)/N=C/[C@@H]2CCCC[C@H]2/C=N\c2cccc1n2. The van der Waals surface area contributed by atoms with Crippen molar-refractivity contribution in [2.45, 2.75) is 63.5 Å². The number of pyridine rings is 2. The molecule has 0 radical (unpaired) electrons. The van der Waals surface area contributed by atoms with E-state index in [9.17, 15) is 0 Å². The van der Waals surface area contributed by atoms with Gasteiger partial charge in [-0.15, -0.1) is 0 Å². The molecule has 0 N–H and O–H groups in total. The van der Waals surface area contributed by atoms with Crippen molar-refractivity contribution < 1.29 is 0 Å². The summed E-state index contributed by atoms with van der Waals surface area (Å²) in [6, 6.07) is 12.3. The lowest BCUT2D eigenvalue weighted by Crippen LogP contribution is -2.27. The van der Waals surface area contributed by atoms with E-state index < -0.39 is 0 Å². The topological polar surface area (TPSA) is 75.2 Å². The van der Waals surface area contributed by atoms with Crippen LogP contribution in [0.15, 0.2) is 56.4 Å². The highest BCUT2D eigenvalue weighted by molar-refractivity contribution is 5.80. The van der Waals surface area contributed by atoms with Gasteiger partial charge >= 0.3 is 0 Å². The predicted octanol–water partition coefficient (Wildman–Crippen LogP) is 5.55. The van der Waals surface area contributed by atoms with Gasteiger partial charge in [-0.25, -0.2) is 20.0 Å². The number of aliphatic imine (C=N–C) groups is 4. The van der Waals surface area contributed by atoms with Crippen molar-refractivity contribution in [1.29, 1.82) is 0 Å². The minimum atomic E-state index is 0.178. The zero-order chi connectivity index (χ0) is 21.6. The van der Waals surface area contributed by atoms with Crippen LogP contribution >= 0.6 is 0 Å². The number of fused-ring (bicyclic) bond motifs is 6. The summed E-state index contributed by atoms with van der Waals surface area (Å²) in [4.78, 5) is 28.6. The minimum Gasteiger partial charge on any atom is -0.285 e. The molecule has 4 atom stereocenters.